The highest BCUT2D eigenvalue weighted by Gasteiger charge is 2.30. The Bertz CT molecular complexity index is 1450. The van der Waals surface area contributed by atoms with E-state index >= 15 is 0 Å². The Hall–Kier alpha value is -3.71. The number of imidazole rings is 1. The number of hydrogen-bond acceptors (Lipinski definition) is 4. The van der Waals surface area contributed by atoms with Gasteiger partial charge in [0.2, 0.25) is 11.8 Å². The van der Waals surface area contributed by atoms with Crippen molar-refractivity contribution in [1.29, 1.82) is 0 Å². The standard InChI is InChI=1S/C28H26N4O2S/c1-17(33)32-15-14-18-8-2-3-9-19(18)23(32)16-25(34)31-28-26(20-10-4-7-13-24(20)35-28)27-29-21-11-5-6-12-22(21)30-27/h2-3,5-6,8-9,11-12,14-15,23H,4,7,10,13,16H2,1H3,(H,29,30)(H,31,34). The number of fused-ring (bicyclic) bond motifs is 3. The molecule has 0 radical (unpaired) electrons. The maximum Gasteiger partial charge on any atom is 0.227 e. The molecule has 6 rings (SSSR count). The molecule has 0 saturated heterocycles. The number of benzene rings is 2. The molecule has 3 heterocycles. The van der Waals surface area contributed by atoms with Gasteiger partial charge in [-0.2, -0.15) is 0 Å². The Balaban J connectivity index is 1.34. The third-order valence-electron chi connectivity index (χ3n) is 6.90. The van der Waals surface area contributed by atoms with Crippen LogP contribution in [0.5, 0.6) is 0 Å². The summed E-state index contributed by atoms with van der Waals surface area (Å²) < 4.78 is 0. The van der Waals surface area contributed by atoms with Crippen LogP contribution in [0.15, 0.2) is 54.7 Å². The summed E-state index contributed by atoms with van der Waals surface area (Å²) in [6.45, 7) is 1.54. The van der Waals surface area contributed by atoms with Crippen LogP contribution in [0.2, 0.25) is 0 Å². The van der Waals surface area contributed by atoms with E-state index in [2.05, 4.69) is 10.3 Å². The predicted octanol–water partition coefficient (Wildman–Crippen LogP) is 6.07. The van der Waals surface area contributed by atoms with Gasteiger partial charge in [-0.15, -0.1) is 11.3 Å². The Labute approximate surface area is 207 Å². The zero-order valence-electron chi connectivity index (χ0n) is 19.5. The minimum absolute atomic E-state index is 0.0805. The van der Waals surface area contributed by atoms with Crippen LogP contribution in [0.3, 0.4) is 0 Å². The molecule has 1 atom stereocenters. The highest BCUT2D eigenvalue weighted by atomic mass is 32.1. The molecule has 2 aliphatic rings. The van der Waals surface area contributed by atoms with Gasteiger partial charge in [-0.25, -0.2) is 4.98 Å². The molecule has 2 amide bonds. The number of aromatic amines is 1. The molecule has 2 N–H and O–H groups in total. The number of para-hydroxylation sites is 2. The number of nitrogens with zero attached hydrogens (tertiary/aromatic N) is 2. The lowest BCUT2D eigenvalue weighted by molar-refractivity contribution is -0.129. The van der Waals surface area contributed by atoms with Gasteiger partial charge in [0.1, 0.15) is 10.8 Å². The van der Waals surface area contributed by atoms with Gasteiger partial charge >= 0.3 is 0 Å². The molecule has 0 spiro atoms. The number of H-pyrrole nitrogens is 1. The van der Waals surface area contributed by atoms with E-state index < -0.39 is 0 Å². The quantitative estimate of drug-likeness (QED) is 0.370. The zero-order chi connectivity index (χ0) is 23.9. The summed E-state index contributed by atoms with van der Waals surface area (Å²) in [5.74, 6) is 0.614. The van der Waals surface area contributed by atoms with E-state index in [0.717, 1.165) is 57.8 Å². The normalized spacial score (nSPS) is 16.7. The van der Waals surface area contributed by atoms with Crippen LogP contribution < -0.4 is 5.32 Å². The lowest BCUT2D eigenvalue weighted by Crippen LogP contribution is -2.33. The Kier molecular flexibility index (Phi) is 5.49. The third kappa shape index (κ3) is 3.96. The second-order valence-electron chi connectivity index (χ2n) is 9.16. The van der Waals surface area contributed by atoms with Crippen molar-refractivity contribution < 1.29 is 9.59 Å². The van der Waals surface area contributed by atoms with Crippen LogP contribution in [0, 0.1) is 0 Å². The van der Waals surface area contributed by atoms with Crippen LogP contribution in [0.4, 0.5) is 5.00 Å². The summed E-state index contributed by atoms with van der Waals surface area (Å²) in [5, 5.41) is 4.05. The molecule has 6 nitrogen and oxygen atoms in total. The van der Waals surface area contributed by atoms with Gasteiger partial charge in [0.25, 0.3) is 0 Å². The van der Waals surface area contributed by atoms with E-state index in [-0.39, 0.29) is 24.3 Å². The fraction of sp³-hybridized carbons (Fsp3) is 0.250. The van der Waals surface area contributed by atoms with E-state index in [0.29, 0.717) is 0 Å². The molecule has 0 bridgehead atoms. The molecule has 7 heteroatoms. The molecule has 2 aromatic heterocycles. The van der Waals surface area contributed by atoms with Crippen molar-refractivity contribution in [2.75, 3.05) is 5.32 Å². The van der Waals surface area contributed by atoms with Gasteiger partial charge in [0, 0.05) is 18.0 Å². The van der Waals surface area contributed by atoms with Crippen LogP contribution in [0.25, 0.3) is 28.5 Å². The van der Waals surface area contributed by atoms with Gasteiger partial charge in [0.05, 0.1) is 29.1 Å². The molecule has 1 aliphatic heterocycles. The predicted molar refractivity (Wildman–Crippen MR) is 140 cm³/mol. The summed E-state index contributed by atoms with van der Waals surface area (Å²) in [6.07, 6.45) is 8.23. The van der Waals surface area contributed by atoms with Crippen LogP contribution >= 0.6 is 11.3 Å². The third-order valence-corrected chi connectivity index (χ3v) is 8.11. The molecule has 2 aromatic carbocycles. The number of amides is 2. The molecule has 35 heavy (non-hydrogen) atoms. The van der Waals surface area contributed by atoms with Crippen molar-refractivity contribution in [1.82, 2.24) is 14.9 Å². The first-order chi connectivity index (χ1) is 17.1. The summed E-state index contributed by atoms with van der Waals surface area (Å²) in [4.78, 5) is 37.1. The Morgan fingerprint density at radius 3 is 2.77 bits per heavy atom. The fourth-order valence-corrected chi connectivity index (χ4v) is 6.55. The van der Waals surface area contributed by atoms with E-state index in [1.54, 1.807) is 22.4 Å². The number of aryl methyl sites for hydroxylation is 1. The summed E-state index contributed by atoms with van der Waals surface area (Å²) in [6, 6.07) is 15.6. The van der Waals surface area contributed by atoms with Gasteiger partial charge in [0.15, 0.2) is 0 Å². The second kappa shape index (κ2) is 8.82. The van der Waals surface area contributed by atoms with Gasteiger partial charge in [-0.3, -0.25) is 9.59 Å². The number of anilines is 1. The van der Waals surface area contributed by atoms with Gasteiger partial charge < -0.3 is 15.2 Å². The molecule has 0 saturated carbocycles. The van der Waals surface area contributed by atoms with Crippen molar-refractivity contribution in [3.05, 3.63) is 76.3 Å². The number of carbonyl (C=O) groups excluding carboxylic acids is 2. The fourth-order valence-electron chi connectivity index (χ4n) is 5.24. The van der Waals surface area contributed by atoms with E-state index in [1.807, 2.05) is 54.6 Å². The molecule has 176 valence electrons. The zero-order valence-corrected chi connectivity index (χ0v) is 20.3. The Morgan fingerprint density at radius 2 is 1.91 bits per heavy atom. The minimum Gasteiger partial charge on any atom is -0.338 e. The number of rotatable bonds is 4. The van der Waals surface area contributed by atoms with Crippen molar-refractivity contribution in [2.45, 2.75) is 45.1 Å². The average Bonchev–Trinajstić information content (AvgIpc) is 3.44. The monoisotopic (exact) mass is 482 g/mol. The van der Waals surface area contributed by atoms with Crippen molar-refractivity contribution in [2.24, 2.45) is 0 Å². The van der Waals surface area contributed by atoms with Crippen molar-refractivity contribution in [3.8, 4) is 11.4 Å². The minimum atomic E-state index is -0.335. The first-order valence-electron chi connectivity index (χ1n) is 12.0. The highest BCUT2D eigenvalue weighted by molar-refractivity contribution is 7.17. The van der Waals surface area contributed by atoms with Crippen LogP contribution in [0.1, 0.15) is 53.8 Å². The number of thiophene rings is 1. The molecule has 4 aromatic rings. The number of hydrogen-bond donors (Lipinski definition) is 2. The van der Waals surface area contributed by atoms with Gasteiger partial charge in [-0.1, -0.05) is 36.4 Å². The summed E-state index contributed by atoms with van der Waals surface area (Å²) >= 11 is 1.66. The SMILES string of the molecule is CC(=O)N1C=Cc2ccccc2C1CC(=O)Nc1sc2c(c1-c1nc3ccccc3[nH]1)CCCC2. The van der Waals surface area contributed by atoms with E-state index in [4.69, 9.17) is 4.98 Å². The number of carbonyl (C=O) groups is 2. The molecule has 1 aliphatic carbocycles. The average molecular weight is 483 g/mol. The maximum absolute atomic E-state index is 13.4. The lowest BCUT2D eigenvalue weighted by atomic mass is 9.93. The van der Waals surface area contributed by atoms with Crippen LogP contribution in [-0.4, -0.2) is 26.7 Å². The largest absolute Gasteiger partial charge is 0.338 e. The lowest BCUT2D eigenvalue weighted by Gasteiger charge is -2.32. The molecular weight excluding hydrogens is 456 g/mol. The number of aromatic nitrogens is 2. The molecular formula is C28H26N4O2S. The summed E-state index contributed by atoms with van der Waals surface area (Å²) in [5.41, 5.74) is 6.24. The Morgan fingerprint density at radius 1 is 1.11 bits per heavy atom. The first kappa shape index (κ1) is 21.8. The molecule has 0 fully saturated rings. The summed E-state index contributed by atoms with van der Waals surface area (Å²) in [7, 11) is 0. The first-order valence-corrected chi connectivity index (χ1v) is 12.9. The van der Waals surface area contributed by atoms with Crippen molar-refractivity contribution in [3.63, 3.8) is 0 Å². The van der Waals surface area contributed by atoms with Gasteiger partial charge in [-0.05, 0) is 60.6 Å². The second-order valence-corrected chi connectivity index (χ2v) is 10.3. The number of nitrogens with one attached hydrogen (secondary N) is 2. The molecule has 1 unspecified atom stereocenters. The topological polar surface area (TPSA) is 78.1 Å². The highest BCUT2D eigenvalue weighted by Crippen LogP contribution is 2.44. The van der Waals surface area contributed by atoms with Crippen LogP contribution in [-0.2, 0) is 22.4 Å². The smallest absolute Gasteiger partial charge is 0.227 e. The van der Waals surface area contributed by atoms with Crippen molar-refractivity contribution >= 4 is 45.3 Å². The van der Waals surface area contributed by atoms with E-state index in [1.165, 1.54) is 23.8 Å². The van der Waals surface area contributed by atoms with E-state index in [9.17, 15) is 9.59 Å². The maximum atomic E-state index is 13.4.